The zero-order valence-electron chi connectivity index (χ0n) is 25.4. The second-order valence-electron chi connectivity index (χ2n) is 12.1. The number of unbranched alkanes of at least 4 members (excludes halogenated alkanes) is 1. The molecule has 0 unspecified atom stereocenters. The van der Waals surface area contributed by atoms with Crippen molar-refractivity contribution in [2.45, 2.75) is 82.4 Å². The minimum Gasteiger partial charge on any atom is -0.455 e. The zero-order valence-corrected chi connectivity index (χ0v) is 25.4. The van der Waals surface area contributed by atoms with Crippen LogP contribution in [0, 0.1) is 11.8 Å². The van der Waals surface area contributed by atoms with Crippen LogP contribution < -0.4 is 0 Å². The molecule has 0 aromatic heterocycles. The second-order valence-corrected chi connectivity index (χ2v) is 12.1. The van der Waals surface area contributed by atoms with Crippen LogP contribution in [0.2, 0.25) is 0 Å². The molecule has 4 aliphatic rings. The molecule has 0 radical (unpaired) electrons. The lowest BCUT2D eigenvalue weighted by atomic mass is 9.77. The number of aliphatic hydroxyl groups excluding tert-OH is 1. The summed E-state index contributed by atoms with van der Waals surface area (Å²) in [7, 11) is 1.70. The summed E-state index contributed by atoms with van der Waals surface area (Å²) in [6.45, 7) is 6.13. The number of cyclic esters (lactones) is 1. The number of hydrogen-bond acceptors (Lipinski definition) is 7. The quantitative estimate of drug-likeness (QED) is 0.398. The number of hydrogen-bond donors (Lipinski definition) is 1. The molecule has 10 nitrogen and oxygen atoms in total. The summed E-state index contributed by atoms with van der Waals surface area (Å²) in [6.07, 6.45) is 7.92. The van der Waals surface area contributed by atoms with Crippen LogP contribution in [0.3, 0.4) is 0 Å². The van der Waals surface area contributed by atoms with Crippen LogP contribution in [0.5, 0.6) is 0 Å². The first-order valence-corrected chi connectivity index (χ1v) is 15.4. The van der Waals surface area contributed by atoms with Gasteiger partial charge in [-0.05, 0) is 32.3 Å². The van der Waals surface area contributed by atoms with Crippen LogP contribution in [-0.4, -0.2) is 100 Å². The van der Waals surface area contributed by atoms with Crippen molar-refractivity contribution in [3.8, 4) is 0 Å². The molecule has 1 aromatic carbocycles. The minimum absolute atomic E-state index is 0.0811. The molecular weight excluding hydrogens is 550 g/mol. The standard InChI is InChI=1S/C33H43N3O7/c1-5-6-18-35-19-12-17-33-27(30(39)36(21(2)20-37)29(33)31(35)40)26-24(43-33)15-10-11-16-25(38)34(4)22(3)28(42-32(26)41)23-13-8-7-9-14-23/h7-10,12-15,17,21-22,24,26-29,37H,5-6,11,16,18-20H2,1-4H3/b15-10-/t21-,22+,24+,26-,27-,28-,29+,33-/m1/s1. The lowest BCUT2D eigenvalue weighted by Gasteiger charge is -2.37. The first kappa shape index (κ1) is 30.9. The van der Waals surface area contributed by atoms with Gasteiger partial charge in [0, 0.05) is 26.6 Å². The largest absolute Gasteiger partial charge is 0.455 e. The first-order chi connectivity index (χ1) is 20.7. The molecule has 4 heterocycles. The maximum absolute atomic E-state index is 14.4. The van der Waals surface area contributed by atoms with E-state index < -0.39 is 59.6 Å². The van der Waals surface area contributed by atoms with E-state index in [-0.39, 0.29) is 24.8 Å². The summed E-state index contributed by atoms with van der Waals surface area (Å²) in [4.78, 5) is 60.6. The van der Waals surface area contributed by atoms with Gasteiger partial charge in [0.05, 0.1) is 30.7 Å². The Balaban J connectivity index is 1.61. The van der Waals surface area contributed by atoms with Gasteiger partial charge in [-0.2, -0.15) is 0 Å². The Hall–Kier alpha value is -3.50. The third kappa shape index (κ3) is 5.40. The average molecular weight is 594 g/mol. The highest BCUT2D eigenvalue weighted by Gasteiger charge is 2.72. The number of benzene rings is 1. The number of ether oxygens (including phenoxy) is 2. The number of amides is 3. The number of allylic oxidation sites excluding steroid dienone is 1. The number of aliphatic hydroxyl groups is 1. The number of nitrogens with zero attached hydrogens (tertiary/aromatic N) is 3. The van der Waals surface area contributed by atoms with Gasteiger partial charge in [-0.1, -0.05) is 68.0 Å². The molecule has 43 heavy (non-hydrogen) atoms. The topological polar surface area (TPSA) is 117 Å². The highest BCUT2D eigenvalue weighted by atomic mass is 16.6. The van der Waals surface area contributed by atoms with E-state index in [0.29, 0.717) is 19.5 Å². The van der Waals surface area contributed by atoms with Crippen molar-refractivity contribution in [1.29, 1.82) is 0 Å². The molecule has 5 rings (SSSR count). The van der Waals surface area contributed by atoms with Gasteiger partial charge in [-0.3, -0.25) is 19.2 Å². The van der Waals surface area contributed by atoms with Crippen LogP contribution in [0.15, 0.2) is 54.6 Å². The van der Waals surface area contributed by atoms with Gasteiger partial charge < -0.3 is 29.3 Å². The highest BCUT2D eigenvalue weighted by molar-refractivity contribution is 5.99. The van der Waals surface area contributed by atoms with E-state index in [1.807, 2.05) is 50.3 Å². The number of likely N-dealkylation sites (N-methyl/N-ethyl adjacent to an activating group) is 1. The molecule has 4 aliphatic heterocycles. The number of carbonyl (C=O) groups is 4. The molecule has 0 saturated carbocycles. The van der Waals surface area contributed by atoms with E-state index in [2.05, 4.69) is 0 Å². The van der Waals surface area contributed by atoms with Crippen LogP contribution in [-0.2, 0) is 28.7 Å². The normalized spacial score (nSPS) is 34.5. The molecule has 232 valence electrons. The van der Waals surface area contributed by atoms with Crippen LogP contribution in [0.4, 0.5) is 0 Å². The number of fused-ring (bicyclic) bond motifs is 2. The van der Waals surface area contributed by atoms with Crippen molar-refractivity contribution >= 4 is 23.7 Å². The fraction of sp³-hybridized carbons (Fsp3) is 0.576. The zero-order chi connectivity index (χ0) is 30.9. The highest BCUT2D eigenvalue weighted by Crippen LogP contribution is 2.54. The maximum atomic E-state index is 14.4. The molecule has 8 atom stereocenters. The molecule has 10 heteroatoms. The predicted octanol–water partition coefficient (Wildman–Crippen LogP) is 2.63. The summed E-state index contributed by atoms with van der Waals surface area (Å²) in [5.41, 5.74) is -0.694. The third-order valence-corrected chi connectivity index (χ3v) is 9.47. The Morgan fingerprint density at radius 1 is 1.09 bits per heavy atom. The van der Waals surface area contributed by atoms with E-state index >= 15 is 0 Å². The minimum atomic E-state index is -1.42. The first-order valence-electron chi connectivity index (χ1n) is 15.4. The van der Waals surface area contributed by atoms with Crippen molar-refractivity contribution in [2.75, 3.05) is 26.7 Å². The number of rotatable bonds is 6. The number of carbonyl (C=O) groups excluding carboxylic acids is 4. The Morgan fingerprint density at radius 3 is 2.53 bits per heavy atom. The molecule has 1 N–H and O–H groups in total. The Kier molecular flexibility index (Phi) is 9.08. The summed E-state index contributed by atoms with van der Waals surface area (Å²) in [5, 5.41) is 10.1. The molecule has 1 aromatic rings. The third-order valence-electron chi connectivity index (χ3n) is 9.47. The maximum Gasteiger partial charge on any atom is 0.313 e. The molecule has 2 saturated heterocycles. The van der Waals surface area contributed by atoms with E-state index in [1.54, 1.807) is 42.0 Å². The van der Waals surface area contributed by atoms with Gasteiger partial charge in [0.1, 0.15) is 23.7 Å². The Labute approximate surface area is 253 Å². The van der Waals surface area contributed by atoms with E-state index in [9.17, 15) is 24.3 Å². The molecular formula is C33H43N3O7. The van der Waals surface area contributed by atoms with Gasteiger partial charge in [-0.25, -0.2) is 0 Å². The van der Waals surface area contributed by atoms with E-state index in [0.717, 1.165) is 18.4 Å². The van der Waals surface area contributed by atoms with Crippen LogP contribution in [0.25, 0.3) is 0 Å². The van der Waals surface area contributed by atoms with Gasteiger partial charge in [-0.15, -0.1) is 0 Å². The van der Waals surface area contributed by atoms with Gasteiger partial charge >= 0.3 is 5.97 Å². The summed E-state index contributed by atoms with van der Waals surface area (Å²) in [6, 6.07) is 7.06. The SMILES string of the molecule is CCCCN1CC=C[C@@]23O[C@H]4/C=C\CCC(=O)N(C)[C@@H](C)[C@H](c5ccccc5)OC(=O)[C@H]4[C@@H]2C(=O)N([C@H](C)CO)[C@H]3C1=O. The summed E-state index contributed by atoms with van der Waals surface area (Å²) >= 11 is 0. The van der Waals surface area contributed by atoms with Crippen molar-refractivity contribution < 1.29 is 33.8 Å². The summed E-state index contributed by atoms with van der Waals surface area (Å²) < 4.78 is 13.0. The van der Waals surface area contributed by atoms with Gasteiger partial charge in [0.25, 0.3) is 0 Å². The second kappa shape index (κ2) is 12.6. The summed E-state index contributed by atoms with van der Waals surface area (Å²) in [5.74, 6) is -3.45. The van der Waals surface area contributed by atoms with Crippen molar-refractivity contribution in [3.63, 3.8) is 0 Å². The van der Waals surface area contributed by atoms with Crippen molar-refractivity contribution in [2.24, 2.45) is 11.8 Å². The molecule has 0 aliphatic carbocycles. The van der Waals surface area contributed by atoms with E-state index in [4.69, 9.17) is 9.47 Å². The number of esters is 1. The van der Waals surface area contributed by atoms with Gasteiger partial charge in [0.2, 0.25) is 17.7 Å². The Morgan fingerprint density at radius 2 is 1.84 bits per heavy atom. The molecule has 0 bridgehead atoms. The average Bonchev–Trinajstić information content (AvgIpc) is 3.41. The monoisotopic (exact) mass is 593 g/mol. The van der Waals surface area contributed by atoms with Crippen molar-refractivity contribution in [3.05, 3.63) is 60.2 Å². The van der Waals surface area contributed by atoms with Crippen molar-refractivity contribution in [1.82, 2.24) is 14.7 Å². The fourth-order valence-electron chi connectivity index (χ4n) is 6.99. The number of likely N-dealkylation sites (tertiary alicyclic amines) is 1. The fourth-order valence-corrected chi connectivity index (χ4v) is 6.99. The van der Waals surface area contributed by atoms with E-state index in [1.165, 1.54) is 4.90 Å². The Bertz CT molecular complexity index is 1280. The molecule has 3 amide bonds. The molecule has 2 fully saturated rings. The predicted molar refractivity (Wildman–Crippen MR) is 158 cm³/mol. The van der Waals surface area contributed by atoms with Crippen LogP contribution in [0.1, 0.15) is 58.1 Å². The van der Waals surface area contributed by atoms with Gasteiger partial charge in [0.15, 0.2) is 0 Å². The lowest BCUT2D eigenvalue weighted by molar-refractivity contribution is -0.164. The van der Waals surface area contributed by atoms with Crippen LogP contribution >= 0.6 is 0 Å². The molecule has 1 spiro atoms. The lowest BCUT2D eigenvalue weighted by Crippen LogP contribution is -2.57. The smallest absolute Gasteiger partial charge is 0.313 e.